The van der Waals surface area contributed by atoms with Crippen LogP contribution in [0.2, 0.25) is 5.02 Å². The molecule has 0 saturated heterocycles. The summed E-state index contributed by atoms with van der Waals surface area (Å²) in [6.07, 6.45) is -0.0206. The van der Waals surface area contributed by atoms with Gasteiger partial charge in [0.2, 0.25) is 11.8 Å². The Hall–Kier alpha value is -3.06. The van der Waals surface area contributed by atoms with E-state index < -0.39 is 11.8 Å². The van der Waals surface area contributed by atoms with Crippen molar-refractivity contribution in [1.82, 2.24) is 16.2 Å². The highest BCUT2D eigenvalue weighted by atomic mass is 35.5. The van der Waals surface area contributed by atoms with Crippen molar-refractivity contribution in [2.45, 2.75) is 26.3 Å². The van der Waals surface area contributed by atoms with Crippen molar-refractivity contribution in [2.75, 3.05) is 6.61 Å². The molecule has 148 valence electrons. The molecule has 3 amide bonds. The summed E-state index contributed by atoms with van der Waals surface area (Å²) in [5.74, 6) is -0.731. The Morgan fingerprint density at radius 1 is 0.929 bits per heavy atom. The molecule has 2 aromatic rings. The Labute approximate surface area is 168 Å². The van der Waals surface area contributed by atoms with Gasteiger partial charge >= 0.3 is 0 Å². The number of hydrogen-bond acceptors (Lipinski definition) is 4. The first-order chi connectivity index (χ1) is 13.4. The van der Waals surface area contributed by atoms with E-state index in [-0.39, 0.29) is 25.4 Å². The van der Waals surface area contributed by atoms with Crippen LogP contribution >= 0.6 is 11.6 Å². The van der Waals surface area contributed by atoms with E-state index >= 15 is 0 Å². The molecule has 0 aliphatic heterocycles. The van der Waals surface area contributed by atoms with E-state index in [9.17, 15) is 14.4 Å². The fraction of sp³-hybridized carbons (Fsp3) is 0.250. The average molecular weight is 404 g/mol. The standard InChI is InChI=1S/C20H22ClN3O4/c1-14-11-16(7-8-17(14)21)28-13-20(27)24-23-19(26)10-9-18(25)22-12-15-5-3-2-4-6-15/h2-8,11H,9-10,12-13H2,1H3,(H,22,25)(H,23,26)(H,24,27). The van der Waals surface area contributed by atoms with E-state index in [1.165, 1.54) is 0 Å². The predicted octanol–water partition coefficient (Wildman–Crippen LogP) is 2.27. The lowest BCUT2D eigenvalue weighted by atomic mass is 10.2. The molecule has 0 atom stereocenters. The molecular weight excluding hydrogens is 382 g/mol. The second-order valence-corrected chi connectivity index (χ2v) is 6.47. The van der Waals surface area contributed by atoms with Gasteiger partial charge in [0, 0.05) is 24.4 Å². The third-order valence-corrected chi connectivity index (χ3v) is 4.18. The number of hydrazine groups is 1. The molecule has 2 rings (SSSR count). The third-order valence-electron chi connectivity index (χ3n) is 3.75. The van der Waals surface area contributed by atoms with Crippen LogP contribution in [0, 0.1) is 6.92 Å². The van der Waals surface area contributed by atoms with Gasteiger partial charge in [-0.3, -0.25) is 25.2 Å². The van der Waals surface area contributed by atoms with Crippen LogP contribution in [0.5, 0.6) is 5.75 Å². The number of ether oxygens (including phenoxy) is 1. The minimum atomic E-state index is -0.519. The summed E-state index contributed by atoms with van der Waals surface area (Å²) in [5, 5.41) is 3.34. The van der Waals surface area contributed by atoms with Gasteiger partial charge in [0.05, 0.1) is 0 Å². The van der Waals surface area contributed by atoms with Gasteiger partial charge in [-0.25, -0.2) is 0 Å². The fourth-order valence-electron chi connectivity index (χ4n) is 2.21. The number of nitrogens with one attached hydrogen (secondary N) is 3. The first kappa shape index (κ1) is 21.2. The third kappa shape index (κ3) is 7.67. The Morgan fingerprint density at radius 3 is 2.32 bits per heavy atom. The molecule has 28 heavy (non-hydrogen) atoms. The smallest absolute Gasteiger partial charge is 0.276 e. The zero-order valence-corrected chi connectivity index (χ0v) is 16.2. The van der Waals surface area contributed by atoms with Crippen molar-refractivity contribution >= 4 is 29.3 Å². The van der Waals surface area contributed by atoms with E-state index in [4.69, 9.17) is 16.3 Å². The van der Waals surface area contributed by atoms with Gasteiger partial charge in [-0.05, 0) is 36.2 Å². The van der Waals surface area contributed by atoms with Crippen molar-refractivity contribution in [3.05, 3.63) is 64.7 Å². The second-order valence-electron chi connectivity index (χ2n) is 6.06. The van der Waals surface area contributed by atoms with Crippen molar-refractivity contribution in [1.29, 1.82) is 0 Å². The number of aryl methyl sites for hydroxylation is 1. The largest absolute Gasteiger partial charge is 0.484 e. The summed E-state index contributed by atoms with van der Waals surface area (Å²) in [6, 6.07) is 14.5. The van der Waals surface area contributed by atoms with Crippen LogP contribution in [-0.4, -0.2) is 24.3 Å². The van der Waals surface area contributed by atoms with Gasteiger partial charge in [0.15, 0.2) is 6.61 Å². The predicted molar refractivity (Wildman–Crippen MR) is 105 cm³/mol. The average Bonchev–Trinajstić information content (AvgIpc) is 2.70. The van der Waals surface area contributed by atoms with Gasteiger partial charge in [-0.2, -0.15) is 0 Å². The normalized spacial score (nSPS) is 10.1. The molecule has 7 nitrogen and oxygen atoms in total. The van der Waals surface area contributed by atoms with E-state index in [1.54, 1.807) is 18.2 Å². The summed E-state index contributed by atoms with van der Waals surface area (Å²) >= 11 is 5.92. The SMILES string of the molecule is Cc1cc(OCC(=O)NNC(=O)CCC(=O)NCc2ccccc2)ccc1Cl. The number of hydrogen-bond donors (Lipinski definition) is 3. The molecule has 0 radical (unpaired) electrons. The van der Waals surface area contributed by atoms with Gasteiger partial charge in [0.1, 0.15) is 5.75 Å². The molecule has 0 saturated carbocycles. The zero-order valence-electron chi connectivity index (χ0n) is 15.5. The minimum Gasteiger partial charge on any atom is -0.484 e. The highest BCUT2D eigenvalue weighted by molar-refractivity contribution is 6.31. The Bertz CT molecular complexity index is 827. The first-order valence-electron chi connectivity index (χ1n) is 8.71. The summed E-state index contributed by atoms with van der Waals surface area (Å²) in [6.45, 7) is 1.96. The van der Waals surface area contributed by atoms with Crippen LogP contribution in [0.25, 0.3) is 0 Å². The van der Waals surface area contributed by atoms with Crippen LogP contribution in [0.4, 0.5) is 0 Å². The van der Waals surface area contributed by atoms with E-state index in [2.05, 4.69) is 16.2 Å². The molecule has 0 unspecified atom stereocenters. The molecule has 0 heterocycles. The van der Waals surface area contributed by atoms with Gasteiger partial charge in [0.25, 0.3) is 5.91 Å². The van der Waals surface area contributed by atoms with Crippen molar-refractivity contribution in [3.8, 4) is 5.75 Å². The lowest BCUT2D eigenvalue weighted by Crippen LogP contribution is -2.44. The summed E-state index contributed by atoms with van der Waals surface area (Å²) in [7, 11) is 0. The number of carbonyl (C=O) groups excluding carboxylic acids is 3. The van der Waals surface area contributed by atoms with E-state index in [0.717, 1.165) is 11.1 Å². The van der Waals surface area contributed by atoms with E-state index in [0.29, 0.717) is 17.3 Å². The van der Waals surface area contributed by atoms with Gasteiger partial charge < -0.3 is 10.1 Å². The van der Waals surface area contributed by atoms with Crippen LogP contribution in [0.3, 0.4) is 0 Å². The molecule has 0 spiro atoms. The summed E-state index contributed by atoms with van der Waals surface area (Å²) in [5.41, 5.74) is 6.30. The Morgan fingerprint density at radius 2 is 1.61 bits per heavy atom. The molecule has 0 aliphatic carbocycles. The highest BCUT2D eigenvalue weighted by Gasteiger charge is 2.09. The van der Waals surface area contributed by atoms with Crippen molar-refractivity contribution in [2.24, 2.45) is 0 Å². The molecule has 2 aromatic carbocycles. The number of halogens is 1. The lowest BCUT2D eigenvalue weighted by Gasteiger charge is -2.10. The van der Waals surface area contributed by atoms with Crippen LogP contribution in [0.15, 0.2) is 48.5 Å². The molecular formula is C20H22ClN3O4. The maximum absolute atomic E-state index is 11.8. The number of rotatable bonds is 8. The Kier molecular flexibility index (Phi) is 8.30. The number of amides is 3. The number of carbonyl (C=O) groups is 3. The highest BCUT2D eigenvalue weighted by Crippen LogP contribution is 2.20. The van der Waals surface area contributed by atoms with Crippen LogP contribution in [-0.2, 0) is 20.9 Å². The summed E-state index contributed by atoms with van der Waals surface area (Å²) in [4.78, 5) is 35.2. The fourth-order valence-corrected chi connectivity index (χ4v) is 2.32. The van der Waals surface area contributed by atoms with Gasteiger partial charge in [-0.15, -0.1) is 0 Å². The van der Waals surface area contributed by atoms with Crippen molar-refractivity contribution < 1.29 is 19.1 Å². The first-order valence-corrected chi connectivity index (χ1v) is 9.09. The molecule has 3 N–H and O–H groups in total. The quantitative estimate of drug-likeness (QED) is 0.589. The van der Waals surface area contributed by atoms with Crippen molar-refractivity contribution in [3.63, 3.8) is 0 Å². The van der Waals surface area contributed by atoms with Crippen LogP contribution < -0.4 is 20.9 Å². The monoisotopic (exact) mass is 403 g/mol. The number of benzene rings is 2. The van der Waals surface area contributed by atoms with E-state index in [1.807, 2.05) is 37.3 Å². The second kappa shape index (κ2) is 10.9. The lowest BCUT2D eigenvalue weighted by molar-refractivity contribution is -0.131. The molecule has 0 aromatic heterocycles. The maximum Gasteiger partial charge on any atom is 0.276 e. The maximum atomic E-state index is 11.8. The van der Waals surface area contributed by atoms with Crippen LogP contribution in [0.1, 0.15) is 24.0 Å². The Balaban J connectivity index is 1.60. The zero-order chi connectivity index (χ0) is 20.4. The molecule has 8 heteroatoms. The molecule has 0 bridgehead atoms. The minimum absolute atomic E-state index is 0.0229. The topological polar surface area (TPSA) is 96.5 Å². The molecule has 0 aliphatic rings. The summed E-state index contributed by atoms with van der Waals surface area (Å²) < 4.78 is 5.32. The van der Waals surface area contributed by atoms with Gasteiger partial charge in [-0.1, -0.05) is 41.9 Å². The molecule has 0 fully saturated rings.